The summed E-state index contributed by atoms with van der Waals surface area (Å²) in [7, 11) is 3.24. The lowest BCUT2D eigenvalue weighted by molar-refractivity contribution is -0.123. The molecular weight excluding hydrogens is 536 g/mol. The van der Waals surface area contributed by atoms with Gasteiger partial charge < -0.3 is 14.8 Å². The van der Waals surface area contributed by atoms with E-state index in [9.17, 15) is 9.59 Å². The number of hydrogen-bond donors (Lipinski definition) is 1. The summed E-state index contributed by atoms with van der Waals surface area (Å²) in [5, 5.41) is 7.77. The van der Waals surface area contributed by atoms with Crippen LogP contribution in [-0.2, 0) is 14.3 Å². The third-order valence-electron chi connectivity index (χ3n) is 7.07. The molecular formula is C32H34N4O4S. The second-order valence-corrected chi connectivity index (χ2v) is 11.0. The number of hydrogen-bond acceptors (Lipinski definition) is 6. The minimum Gasteiger partial charge on any atom is -0.496 e. The first-order valence-corrected chi connectivity index (χ1v) is 14.5. The monoisotopic (exact) mass is 570 g/mol. The molecule has 0 aliphatic carbocycles. The first-order chi connectivity index (χ1) is 19.9. The molecule has 2 heterocycles. The number of rotatable bonds is 9. The van der Waals surface area contributed by atoms with Crippen molar-refractivity contribution in [3.8, 4) is 22.7 Å². The van der Waals surface area contributed by atoms with Gasteiger partial charge in [0, 0.05) is 30.3 Å². The molecule has 1 N–H and O–H groups in total. The van der Waals surface area contributed by atoms with E-state index in [1.54, 1.807) is 19.1 Å². The lowest BCUT2D eigenvalue weighted by Crippen LogP contribution is -2.43. The van der Waals surface area contributed by atoms with Crippen molar-refractivity contribution in [3.05, 3.63) is 95.1 Å². The van der Waals surface area contributed by atoms with Crippen LogP contribution in [-0.4, -0.2) is 61.3 Å². The fourth-order valence-electron chi connectivity index (χ4n) is 5.16. The van der Waals surface area contributed by atoms with E-state index < -0.39 is 0 Å². The van der Waals surface area contributed by atoms with Gasteiger partial charge >= 0.3 is 0 Å². The summed E-state index contributed by atoms with van der Waals surface area (Å²) in [6, 6.07) is 24.0. The molecule has 0 saturated carbocycles. The number of ether oxygens (including phenoxy) is 2. The van der Waals surface area contributed by atoms with Crippen molar-refractivity contribution in [1.29, 1.82) is 0 Å². The molecule has 5 rings (SSSR count). The van der Waals surface area contributed by atoms with E-state index in [2.05, 4.69) is 11.4 Å². The van der Waals surface area contributed by atoms with Gasteiger partial charge in [0.25, 0.3) is 0 Å². The summed E-state index contributed by atoms with van der Waals surface area (Å²) >= 11 is 1.52. The molecule has 1 atom stereocenters. The highest BCUT2D eigenvalue weighted by Crippen LogP contribution is 2.50. The number of fused-ring (bicyclic) bond motifs is 1. The molecule has 4 aromatic rings. The van der Waals surface area contributed by atoms with Crippen molar-refractivity contribution in [2.45, 2.75) is 19.1 Å². The van der Waals surface area contributed by atoms with Gasteiger partial charge in [0.1, 0.15) is 18.1 Å². The molecule has 0 spiro atoms. The van der Waals surface area contributed by atoms with Crippen LogP contribution in [0.4, 0.5) is 5.82 Å². The maximum absolute atomic E-state index is 13.9. The number of carbonyl (C=O) groups excluding carboxylic acids is 2. The van der Waals surface area contributed by atoms with Gasteiger partial charge in [0.15, 0.2) is 0 Å². The Morgan fingerprint density at radius 2 is 1.80 bits per heavy atom. The van der Waals surface area contributed by atoms with Crippen LogP contribution in [0.25, 0.3) is 16.9 Å². The molecule has 0 unspecified atom stereocenters. The zero-order valence-corrected chi connectivity index (χ0v) is 24.5. The average Bonchev–Trinajstić information content (AvgIpc) is 3.30. The normalized spacial score (nSPS) is 14.9. The number of amides is 2. The van der Waals surface area contributed by atoms with Crippen LogP contribution in [0.1, 0.15) is 27.5 Å². The number of nitrogens with zero attached hydrogens (tertiary/aromatic N) is 3. The highest BCUT2D eigenvalue weighted by atomic mass is 32.2. The number of nitrogens with one attached hydrogen (secondary N) is 1. The number of benzene rings is 3. The largest absolute Gasteiger partial charge is 0.496 e. The van der Waals surface area contributed by atoms with Gasteiger partial charge in [-0.15, -0.1) is 11.8 Å². The first kappa shape index (κ1) is 28.4. The Morgan fingerprint density at radius 1 is 1.05 bits per heavy atom. The summed E-state index contributed by atoms with van der Waals surface area (Å²) in [5.41, 5.74) is 6.46. The number of carbonyl (C=O) groups is 2. The fraction of sp³-hybridized carbons (Fsp3) is 0.281. The number of aromatic nitrogens is 2. The number of methoxy groups -OCH3 is 2. The van der Waals surface area contributed by atoms with Gasteiger partial charge in [-0.1, -0.05) is 66.2 Å². The van der Waals surface area contributed by atoms with E-state index in [-0.39, 0.29) is 29.4 Å². The molecule has 0 saturated heterocycles. The Kier molecular flexibility index (Phi) is 8.75. The van der Waals surface area contributed by atoms with E-state index in [0.717, 1.165) is 44.9 Å². The molecule has 41 heavy (non-hydrogen) atoms. The molecule has 0 bridgehead atoms. The smallest absolute Gasteiger partial charge is 0.240 e. The Morgan fingerprint density at radius 3 is 2.54 bits per heavy atom. The van der Waals surface area contributed by atoms with Crippen molar-refractivity contribution >= 4 is 29.4 Å². The standard InChI is InChI=1S/C32H34N4O4S/c1-21-14-15-25(22(2)18-21)36-32-29(30(34-36)23-10-6-5-7-11-23)31(24-12-8-9-13-26(24)40-4)41-20-28(38)35(32)19-27(37)33-16-17-39-3/h5-15,18,31H,16-17,19-20H2,1-4H3,(H,33,37)/t31-/m0/s1. The predicted molar refractivity (Wildman–Crippen MR) is 163 cm³/mol. The van der Waals surface area contributed by atoms with E-state index in [0.29, 0.717) is 19.0 Å². The number of anilines is 1. The summed E-state index contributed by atoms with van der Waals surface area (Å²) in [5.74, 6) is 1.07. The van der Waals surface area contributed by atoms with Crippen LogP contribution in [0.2, 0.25) is 0 Å². The second-order valence-electron chi connectivity index (χ2n) is 9.91. The molecule has 212 valence electrons. The topological polar surface area (TPSA) is 85.7 Å². The van der Waals surface area contributed by atoms with Crippen LogP contribution in [0.15, 0.2) is 72.8 Å². The maximum Gasteiger partial charge on any atom is 0.240 e. The minimum atomic E-state index is -0.277. The first-order valence-electron chi connectivity index (χ1n) is 13.5. The molecule has 1 aromatic heterocycles. The van der Waals surface area contributed by atoms with Gasteiger partial charge in [-0.25, -0.2) is 4.68 Å². The Balaban J connectivity index is 1.79. The van der Waals surface area contributed by atoms with Crippen LogP contribution in [0, 0.1) is 13.8 Å². The highest BCUT2D eigenvalue weighted by molar-refractivity contribution is 8.00. The van der Waals surface area contributed by atoms with Crippen molar-refractivity contribution in [2.75, 3.05) is 44.6 Å². The molecule has 1 aliphatic rings. The molecule has 0 fully saturated rings. The Hall–Kier alpha value is -4.08. The van der Waals surface area contributed by atoms with Crippen molar-refractivity contribution in [3.63, 3.8) is 0 Å². The number of thioether (sulfide) groups is 1. The molecule has 1 aliphatic heterocycles. The minimum absolute atomic E-state index is 0.139. The van der Waals surface area contributed by atoms with Gasteiger partial charge in [-0.2, -0.15) is 5.10 Å². The van der Waals surface area contributed by atoms with Crippen molar-refractivity contribution in [2.24, 2.45) is 0 Å². The van der Waals surface area contributed by atoms with Crippen molar-refractivity contribution < 1.29 is 19.1 Å². The summed E-state index contributed by atoms with van der Waals surface area (Å²) < 4.78 is 12.7. The second kappa shape index (κ2) is 12.6. The van der Waals surface area contributed by atoms with Gasteiger partial charge in [0.2, 0.25) is 11.8 Å². The van der Waals surface area contributed by atoms with Gasteiger partial charge in [-0.05, 0) is 31.5 Å². The summed E-state index contributed by atoms with van der Waals surface area (Å²) in [4.78, 5) is 28.6. The molecule has 3 aromatic carbocycles. The zero-order valence-electron chi connectivity index (χ0n) is 23.7. The third-order valence-corrected chi connectivity index (χ3v) is 8.30. The van der Waals surface area contributed by atoms with Gasteiger partial charge in [-0.3, -0.25) is 14.5 Å². The molecule has 9 heteroatoms. The predicted octanol–water partition coefficient (Wildman–Crippen LogP) is 5.10. The third kappa shape index (κ3) is 5.87. The molecule has 8 nitrogen and oxygen atoms in total. The van der Waals surface area contributed by atoms with Crippen LogP contribution >= 0.6 is 11.8 Å². The molecule has 0 radical (unpaired) electrons. The number of aryl methyl sites for hydroxylation is 2. The number of para-hydroxylation sites is 1. The Bertz CT molecular complexity index is 1550. The lowest BCUT2D eigenvalue weighted by Gasteiger charge is -2.24. The lowest BCUT2D eigenvalue weighted by atomic mass is 9.99. The van der Waals surface area contributed by atoms with Crippen LogP contribution < -0.4 is 15.0 Å². The Labute approximate surface area is 244 Å². The summed E-state index contributed by atoms with van der Waals surface area (Å²) in [6.07, 6.45) is 0. The van der Waals surface area contributed by atoms with Crippen LogP contribution in [0.3, 0.4) is 0 Å². The van der Waals surface area contributed by atoms with E-state index in [1.165, 1.54) is 11.8 Å². The van der Waals surface area contributed by atoms with E-state index >= 15 is 0 Å². The quantitative estimate of drug-likeness (QED) is 0.282. The average molecular weight is 571 g/mol. The van der Waals surface area contributed by atoms with E-state index in [4.69, 9.17) is 14.6 Å². The molecule has 2 amide bonds. The van der Waals surface area contributed by atoms with E-state index in [1.807, 2.05) is 85.3 Å². The highest BCUT2D eigenvalue weighted by Gasteiger charge is 2.38. The van der Waals surface area contributed by atoms with Gasteiger partial charge in [0.05, 0.1) is 36.1 Å². The summed E-state index contributed by atoms with van der Waals surface area (Å²) in [6.45, 7) is 4.68. The van der Waals surface area contributed by atoms with Crippen LogP contribution in [0.5, 0.6) is 5.75 Å². The fourth-order valence-corrected chi connectivity index (χ4v) is 6.38. The van der Waals surface area contributed by atoms with Crippen molar-refractivity contribution in [1.82, 2.24) is 15.1 Å². The maximum atomic E-state index is 13.9. The zero-order chi connectivity index (χ0) is 28.9. The SMILES string of the molecule is COCCNC(=O)CN1C(=O)CS[C@@H](c2ccccc2OC)c2c(-c3ccccc3)nn(-c3ccc(C)cc3C)c21.